The molecule has 22 heavy (non-hydrogen) atoms. The molecule has 1 aromatic carbocycles. The number of ether oxygens (including phenoxy) is 1. The second kappa shape index (κ2) is 7.40. The van der Waals surface area contributed by atoms with Gasteiger partial charge in [0.15, 0.2) is 0 Å². The van der Waals surface area contributed by atoms with Gasteiger partial charge in [0.1, 0.15) is 0 Å². The number of nitrogens with zero attached hydrogens (tertiary/aromatic N) is 1. The van der Waals surface area contributed by atoms with E-state index < -0.39 is 11.9 Å². The van der Waals surface area contributed by atoms with Gasteiger partial charge in [-0.25, -0.2) is 0 Å². The highest BCUT2D eigenvalue weighted by Crippen LogP contribution is 2.19. The van der Waals surface area contributed by atoms with E-state index in [-0.39, 0.29) is 12.0 Å². The first-order valence-corrected chi connectivity index (χ1v) is 7.70. The molecule has 1 heterocycles. The first-order valence-electron chi connectivity index (χ1n) is 7.70. The van der Waals surface area contributed by atoms with Crippen LogP contribution in [0.5, 0.6) is 0 Å². The van der Waals surface area contributed by atoms with Crippen molar-refractivity contribution in [1.29, 1.82) is 0 Å². The van der Waals surface area contributed by atoms with Gasteiger partial charge in [-0.05, 0) is 44.4 Å². The monoisotopic (exact) mass is 305 g/mol. The average molecular weight is 305 g/mol. The topological polar surface area (TPSA) is 66.8 Å². The highest BCUT2D eigenvalue weighted by Gasteiger charge is 2.28. The average Bonchev–Trinajstić information content (AvgIpc) is 2.53. The van der Waals surface area contributed by atoms with Crippen LogP contribution in [0.15, 0.2) is 24.3 Å². The Morgan fingerprint density at radius 2 is 2.00 bits per heavy atom. The summed E-state index contributed by atoms with van der Waals surface area (Å²) in [4.78, 5) is 25.2. The maximum absolute atomic E-state index is 12.4. The van der Waals surface area contributed by atoms with Crippen molar-refractivity contribution in [3.63, 3.8) is 0 Å². The Bertz CT molecular complexity index is 524. The van der Waals surface area contributed by atoms with Crippen LogP contribution in [-0.4, -0.2) is 41.1 Å². The normalized spacial score (nSPS) is 18.5. The zero-order chi connectivity index (χ0) is 16.1. The SMILES string of the molecule is CC(C)OCc1ccc(C(=O)N2CCCC(C(=O)O)C2)cc1. The van der Waals surface area contributed by atoms with Crippen molar-refractivity contribution in [3.05, 3.63) is 35.4 Å². The largest absolute Gasteiger partial charge is 0.481 e. The molecule has 1 N–H and O–H groups in total. The van der Waals surface area contributed by atoms with E-state index in [0.29, 0.717) is 31.7 Å². The van der Waals surface area contributed by atoms with Crippen molar-refractivity contribution in [2.24, 2.45) is 5.92 Å². The molecule has 1 aliphatic rings. The van der Waals surface area contributed by atoms with Gasteiger partial charge >= 0.3 is 5.97 Å². The van der Waals surface area contributed by atoms with Crippen molar-refractivity contribution in [2.45, 2.75) is 39.4 Å². The number of aliphatic carboxylic acids is 1. The molecule has 1 amide bonds. The third-order valence-corrected chi connectivity index (χ3v) is 3.84. The van der Waals surface area contributed by atoms with Gasteiger partial charge in [-0.2, -0.15) is 0 Å². The zero-order valence-electron chi connectivity index (χ0n) is 13.1. The van der Waals surface area contributed by atoms with E-state index in [9.17, 15) is 9.59 Å². The summed E-state index contributed by atoms with van der Waals surface area (Å²) in [6.45, 7) is 5.41. The number of carboxylic acids is 1. The minimum Gasteiger partial charge on any atom is -0.481 e. The summed E-state index contributed by atoms with van der Waals surface area (Å²) in [6, 6.07) is 7.33. The van der Waals surface area contributed by atoms with Gasteiger partial charge in [-0.1, -0.05) is 12.1 Å². The number of hydrogen-bond acceptors (Lipinski definition) is 3. The second-order valence-corrected chi connectivity index (χ2v) is 5.99. The minimum absolute atomic E-state index is 0.0951. The van der Waals surface area contributed by atoms with Gasteiger partial charge in [0.25, 0.3) is 5.91 Å². The summed E-state index contributed by atoms with van der Waals surface area (Å²) in [7, 11) is 0. The number of amides is 1. The van der Waals surface area contributed by atoms with E-state index in [1.807, 2.05) is 26.0 Å². The summed E-state index contributed by atoms with van der Waals surface area (Å²) in [5, 5.41) is 9.10. The summed E-state index contributed by atoms with van der Waals surface area (Å²) in [5.41, 5.74) is 1.62. The number of hydrogen-bond donors (Lipinski definition) is 1. The Morgan fingerprint density at radius 3 is 2.59 bits per heavy atom. The van der Waals surface area contributed by atoms with E-state index in [0.717, 1.165) is 12.0 Å². The molecule has 0 spiro atoms. The molecule has 1 fully saturated rings. The van der Waals surface area contributed by atoms with Gasteiger partial charge in [-0.3, -0.25) is 9.59 Å². The lowest BCUT2D eigenvalue weighted by Crippen LogP contribution is -2.42. The Morgan fingerprint density at radius 1 is 1.32 bits per heavy atom. The molecule has 1 aromatic rings. The van der Waals surface area contributed by atoms with Crippen LogP contribution < -0.4 is 0 Å². The third-order valence-electron chi connectivity index (χ3n) is 3.84. The van der Waals surface area contributed by atoms with Gasteiger partial charge in [0.05, 0.1) is 18.6 Å². The van der Waals surface area contributed by atoms with Crippen LogP contribution in [-0.2, 0) is 16.1 Å². The molecule has 0 radical (unpaired) electrons. The van der Waals surface area contributed by atoms with Crippen LogP contribution in [0.25, 0.3) is 0 Å². The van der Waals surface area contributed by atoms with E-state index >= 15 is 0 Å². The molecule has 1 aliphatic heterocycles. The maximum atomic E-state index is 12.4. The highest BCUT2D eigenvalue weighted by molar-refractivity contribution is 5.94. The van der Waals surface area contributed by atoms with Crippen molar-refractivity contribution in [3.8, 4) is 0 Å². The number of carbonyl (C=O) groups is 2. The maximum Gasteiger partial charge on any atom is 0.308 e. The first kappa shape index (κ1) is 16.5. The Hall–Kier alpha value is -1.88. The van der Waals surface area contributed by atoms with Crippen LogP contribution in [0.3, 0.4) is 0 Å². The second-order valence-electron chi connectivity index (χ2n) is 5.99. The molecule has 1 atom stereocenters. The lowest BCUT2D eigenvalue weighted by atomic mass is 9.97. The fourth-order valence-corrected chi connectivity index (χ4v) is 2.55. The molecule has 0 aliphatic carbocycles. The molecule has 0 aromatic heterocycles. The Balaban J connectivity index is 1.98. The molecule has 5 heteroatoms. The van der Waals surface area contributed by atoms with E-state index in [4.69, 9.17) is 9.84 Å². The quantitative estimate of drug-likeness (QED) is 0.908. The fourth-order valence-electron chi connectivity index (χ4n) is 2.55. The van der Waals surface area contributed by atoms with E-state index in [1.54, 1.807) is 17.0 Å². The fraction of sp³-hybridized carbons (Fsp3) is 0.529. The van der Waals surface area contributed by atoms with E-state index in [2.05, 4.69) is 0 Å². The van der Waals surface area contributed by atoms with Crippen molar-refractivity contribution in [1.82, 2.24) is 4.90 Å². The predicted octanol–water partition coefficient (Wildman–Crippen LogP) is 2.55. The van der Waals surface area contributed by atoms with Crippen molar-refractivity contribution in [2.75, 3.05) is 13.1 Å². The van der Waals surface area contributed by atoms with Gasteiger partial charge in [-0.15, -0.1) is 0 Å². The van der Waals surface area contributed by atoms with Crippen molar-refractivity contribution < 1.29 is 19.4 Å². The Labute approximate surface area is 130 Å². The molecule has 2 rings (SSSR count). The summed E-state index contributed by atoms with van der Waals surface area (Å²) < 4.78 is 5.52. The Kier molecular flexibility index (Phi) is 5.55. The number of likely N-dealkylation sites (tertiary alicyclic amines) is 1. The smallest absolute Gasteiger partial charge is 0.308 e. The van der Waals surface area contributed by atoms with Crippen molar-refractivity contribution >= 4 is 11.9 Å². The van der Waals surface area contributed by atoms with Crippen LogP contribution in [0.2, 0.25) is 0 Å². The molecular formula is C17H23NO4. The molecule has 0 saturated carbocycles. The third kappa shape index (κ3) is 4.31. The summed E-state index contributed by atoms with van der Waals surface area (Å²) in [6.07, 6.45) is 1.55. The van der Waals surface area contributed by atoms with Crippen LogP contribution in [0.4, 0.5) is 0 Å². The highest BCUT2D eigenvalue weighted by atomic mass is 16.5. The lowest BCUT2D eigenvalue weighted by Gasteiger charge is -2.30. The van der Waals surface area contributed by atoms with Gasteiger partial charge < -0.3 is 14.7 Å². The summed E-state index contributed by atoms with van der Waals surface area (Å²) in [5.74, 6) is -1.36. The van der Waals surface area contributed by atoms with Gasteiger partial charge in [0, 0.05) is 18.7 Å². The molecule has 1 saturated heterocycles. The number of piperidine rings is 1. The lowest BCUT2D eigenvalue weighted by molar-refractivity contribution is -0.143. The minimum atomic E-state index is -0.821. The standard InChI is InChI=1S/C17H23NO4/c1-12(2)22-11-13-5-7-14(8-6-13)16(19)18-9-3-4-15(10-18)17(20)21/h5-8,12,15H,3-4,9-11H2,1-2H3,(H,20,21). The predicted molar refractivity (Wildman–Crippen MR) is 82.6 cm³/mol. The summed E-state index contributed by atoms with van der Waals surface area (Å²) >= 11 is 0. The number of carboxylic acid groups (broad SMARTS) is 1. The molecule has 0 bridgehead atoms. The molecule has 1 unspecified atom stereocenters. The molecular weight excluding hydrogens is 282 g/mol. The van der Waals surface area contributed by atoms with Crippen LogP contribution in [0, 0.1) is 5.92 Å². The van der Waals surface area contributed by atoms with Gasteiger partial charge in [0.2, 0.25) is 0 Å². The zero-order valence-corrected chi connectivity index (χ0v) is 13.1. The number of benzene rings is 1. The first-order chi connectivity index (χ1) is 10.5. The molecule has 120 valence electrons. The number of carbonyl (C=O) groups excluding carboxylic acids is 1. The van der Waals surface area contributed by atoms with Crippen LogP contribution >= 0.6 is 0 Å². The van der Waals surface area contributed by atoms with Crippen LogP contribution in [0.1, 0.15) is 42.6 Å². The van der Waals surface area contributed by atoms with E-state index in [1.165, 1.54) is 0 Å². The number of rotatable bonds is 5. The molecule has 5 nitrogen and oxygen atoms in total.